The van der Waals surface area contributed by atoms with Crippen molar-refractivity contribution >= 4 is 17.4 Å². The minimum atomic E-state index is -0.285. The van der Waals surface area contributed by atoms with E-state index in [1.54, 1.807) is 12.4 Å². The number of morpholine rings is 1. The van der Waals surface area contributed by atoms with Crippen molar-refractivity contribution in [1.29, 1.82) is 0 Å². The van der Waals surface area contributed by atoms with Crippen molar-refractivity contribution in [2.45, 2.75) is 32.6 Å². The summed E-state index contributed by atoms with van der Waals surface area (Å²) in [6, 6.07) is 7.58. The number of hydrogen-bond donors (Lipinski definition) is 3. The van der Waals surface area contributed by atoms with Gasteiger partial charge in [-0.05, 0) is 25.5 Å². The Morgan fingerprint density at radius 2 is 2.04 bits per heavy atom. The minimum absolute atomic E-state index is 0.221. The van der Waals surface area contributed by atoms with Crippen LogP contribution in [0.2, 0.25) is 0 Å². The molecule has 2 aromatic rings. The largest absolute Gasteiger partial charge is 0.373 e. The molecule has 0 spiro atoms. The quantitative estimate of drug-likeness (QED) is 0.805. The number of hydrogen-bond acceptors (Lipinski definition) is 4. The number of aromatic nitrogens is 2. The summed E-state index contributed by atoms with van der Waals surface area (Å²) in [5.74, 6) is 0. The summed E-state index contributed by atoms with van der Waals surface area (Å²) in [6.07, 6.45) is 3.63. The van der Waals surface area contributed by atoms with Crippen LogP contribution in [0.25, 0.3) is 0 Å². The molecule has 1 aromatic heterocycles. The third-order valence-corrected chi connectivity index (χ3v) is 3.91. The van der Waals surface area contributed by atoms with Gasteiger partial charge in [0.1, 0.15) is 0 Å². The molecule has 1 fully saturated rings. The van der Waals surface area contributed by atoms with Crippen LogP contribution >= 0.6 is 0 Å². The fourth-order valence-electron chi connectivity index (χ4n) is 3.04. The molecule has 1 aliphatic rings. The summed E-state index contributed by atoms with van der Waals surface area (Å²) < 4.78 is 5.78. The van der Waals surface area contributed by atoms with Gasteiger partial charge in [0.05, 0.1) is 24.1 Å². The molecule has 0 radical (unpaired) electrons. The van der Waals surface area contributed by atoms with E-state index in [1.807, 2.05) is 24.3 Å². The van der Waals surface area contributed by atoms with E-state index in [2.05, 4.69) is 39.6 Å². The van der Waals surface area contributed by atoms with Gasteiger partial charge in [-0.2, -0.15) is 5.10 Å². The van der Waals surface area contributed by atoms with Gasteiger partial charge in [-0.25, -0.2) is 4.79 Å². The third-order valence-electron chi connectivity index (χ3n) is 3.91. The first kappa shape index (κ1) is 16.5. The molecule has 7 heteroatoms. The van der Waals surface area contributed by atoms with E-state index < -0.39 is 0 Å². The van der Waals surface area contributed by atoms with Gasteiger partial charge >= 0.3 is 6.03 Å². The number of ether oxygens (including phenoxy) is 1. The standard InChI is InChI=1S/C17H23N5O2/c1-12-9-22(10-13(2)24-12)11-14-5-3-4-6-16(14)21-17(23)20-15-7-18-19-8-15/h3-8,12-13H,9-11H2,1-2H3,(H,18,19)(H2,20,21,23). The SMILES string of the molecule is CC1CN(Cc2ccccc2NC(=O)Nc2cn[nH]c2)CC(C)O1. The van der Waals surface area contributed by atoms with Gasteiger partial charge in [0.25, 0.3) is 0 Å². The topological polar surface area (TPSA) is 82.3 Å². The first-order valence-electron chi connectivity index (χ1n) is 8.12. The Morgan fingerprint density at radius 3 is 2.75 bits per heavy atom. The van der Waals surface area contributed by atoms with E-state index in [0.717, 1.165) is 30.9 Å². The van der Waals surface area contributed by atoms with Crippen molar-refractivity contribution in [2.75, 3.05) is 23.7 Å². The molecular formula is C17H23N5O2. The van der Waals surface area contributed by atoms with Gasteiger partial charge in [0.2, 0.25) is 0 Å². The van der Waals surface area contributed by atoms with Crippen LogP contribution in [0.1, 0.15) is 19.4 Å². The molecule has 0 bridgehead atoms. The second-order valence-corrected chi connectivity index (χ2v) is 6.17. The first-order valence-corrected chi connectivity index (χ1v) is 8.12. The molecule has 1 aliphatic heterocycles. The third kappa shape index (κ3) is 4.33. The highest BCUT2D eigenvalue weighted by atomic mass is 16.5. The lowest BCUT2D eigenvalue weighted by molar-refractivity contribution is -0.0704. The molecule has 2 unspecified atom stereocenters. The van der Waals surface area contributed by atoms with E-state index in [-0.39, 0.29) is 18.2 Å². The highest BCUT2D eigenvalue weighted by Crippen LogP contribution is 2.20. The van der Waals surface area contributed by atoms with Crippen LogP contribution in [0.3, 0.4) is 0 Å². The Morgan fingerprint density at radius 1 is 1.29 bits per heavy atom. The van der Waals surface area contributed by atoms with Gasteiger partial charge in [-0.3, -0.25) is 10.00 Å². The average molecular weight is 329 g/mol. The van der Waals surface area contributed by atoms with Crippen LogP contribution in [-0.4, -0.2) is 46.4 Å². The Labute approximate surface area is 141 Å². The molecule has 7 nitrogen and oxygen atoms in total. The zero-order valence-electron chi connectivity index (χ0n) is 14.0. The van der Waals surface area contributed by atoms with Crippen LogP contribution < -0.4 is 10.6 Å². The number of benzene rings is 1. The van der Waals surface area contributed by atoms with Gasteiger partial charge in [-0.1, -0.05) is 18.2 Å². The predicted octanol–water partition coefficient (Wildman–Crippen LogP) is 2.66. The number of anilines is 2. The lowest BCUT2D eigenvalue weighted by Crippen LogP contribution is -2.44. The molecule has 128 valence electrons. The van der Waals surface area contributed by atoms with Crippen LogP contribution in [0.5, 0.6) is 0 Å². The summed E-state index contributed by atoms with van der Waals surface area (Å²) >= 11 is 0. The fraction of sp³-hybridized carbons (Fsp3) is 0.412. The number of nitrogens with zero attached hydrogens (tertiary/aromatic N) is 2. The van der Waals surface area contributed by atoms with Crippen molar-refractivity contribution in [3.8, 4) is 0 Å². The zero-order chi connectivity index (χ0) is 16.9. The summed E-state index contributed by atoms with van der Waals surface area (Å²) in [5.41, 5.74) is 2.52. The van der Waals surface area contributed by atoms with Gasteiger partial charge in [-0.15, -0.1) is 0 Å². The van der Waals surface area contributed by atoms with E-state index in [9.17, 15) is 4.79 Å². The molecule has 2 heterocycles. The van der Waals surface area contributed by atoms with Crippen molar-refractivity contribution in [3.05, 3.63) is 42.2 Å². The molecule has 0 saturated carbocycles. The number of amides is 2. The number of carbonyl (C=O) groups is 1. The number of nitrogens with one attached hydrogen (secondary N) is 3. The zero-order valence-corrected chi connectivity index (χ0v) is 14.0. The van der Waals surface area contributed by atoms with E-state index in [0.29, 0.717) is 5.69 Å². The molecule has 3 rings (SSSR count). The number of para-hydroxylation sites is 1. The maximum atomic E-state index is 12.1. The summed E-state index contributed by atoms with van der Waals surface area (Å²) in [5, 5.41) is 12.1. The van der Waals surface area contributed by atoms with E-state index >= 15 is 0 Å². The second-order valence-electron chi connectivity index (χ2n) is 6.17. The predicted molar refractivity (Wildman–Crippen MR) is 93.0 cm³/mol. The summed E-state index contributed by atoms with van der Waals surface area (Å²) in [4.78, 5) is 14.5. The van der Waals surface area contributed by atoms with Gasteiger partial charge in [0, 0.05) is 31.5 Å². The molecule has 0 aliphatic carbocycles. The number of H-pyrrole nitrogens is 1. The van der Waals surface area contributed by atoms with E-state index in [1.165, 1.54) is 0 Å². The lowest BCUT2D eigenvalue weighted by Gasteiger charge is -2.35. The van der Waals surface area contributed by atoms with Gasteiger partial charge in [0.15, 0.2) is 0 Å². The number of carbonyl (C=O) groups excluding carboxylic acids is 1. The summed E-state index contributed by atoms with van der Waals surface area (Å²) in [6.45, 7) is 6.73. The van der Waals surface area contributed by atoms with Crippen molar-refractivity contribution in [1.82, 2.24) is 15.1 Å². The van der Waals surface area contributed by atoms with Crippen LogP contribution in [0.15, 0.2) is 36.7 Å². The molecule has 1 saturated heterocycles. The smallest absolute Gasteiger partial charge is 0.323 e. The Balaban J connectivity index is 1.65. The highest BCUT2D eigenvalue weighted by Gasteiger charge is 2.22. The number of aromatic amines is 1. The Bertz CT molecular complexity index is 663. The minimum Gasteiger partial charge on any atom is -0.373 e. The first-order chi connectivity index (χ1) is 11.6. The van der Waals surface area contributed by atoms with Gasteiger partial charge < -0.3 is 15.4 Å². The molecule has 24 heavy (non-hydrogen) atoms. The fourth-order valence-corrected chi connectivity index (χ4v) is 3.04. The normalized spacial score (nSPS) is 21.4. The average Bonchev–Trinajstić information content (AvgIpc) is 3.01. The van der Waals surface area contributed by atoms with E-state index in [4.69, 9.17) is 4.74 Å². The maximum Gasteiger partial charge on any atom is 0.323 e. The maximum absolute atomic E-state index is 12.1. The second kappa shape index (κ2) is 7.46. The van der Waals surface area contributed by atoms with Crippen molar-refractivity contribution in [3.63, 3.8) is 0 Å². The monoisotopic (exact) mass is 329 g/mol. The Kier molecular flexibility index (Phi) is 5.12. The van der Waals surface area contributed by atoms with Crippen molar-refractivity contribution in [2.24, 2.45) is 0 Å². The number of urea groups is 1. The number of rotatable bonds is 4. The highest BCUT2D eigenvalue weighted by molar-refractivity contribution is 6.00. The molecule has 1 aromatic carbocycles. The molecule has 2 amide bonds. The Hall–Kier alpha value is -2.38. The van der Waals surface area contributed by atoms with Crippen LogP contribution in [-0.2, 0) is 11.3 Å². The molecule has 3 N–H and O–H groups in total. The molecular weight excluding hydrogens is 306 g/mol. The lowest BCUT2D eigenvalue weighted by atomic mass is 10.1. The van der Waals surface area contributed by atoms with Crippen molar-refractivity contribution < 1.29 is 9.53 Å². The summed E-state index contributed by atoms with van der Waals surface area (Å²) in [7, 11) is 0. The van der Waals surface area contributed by atoms with Crippen LogP contribution in [0.4, 0.5) is 16.2 Å². The van der Waals surface area contributed by atoms with Crippen LogP contribution in [0, 0.1) is 0 Å². The molecule has 2 atom stereocenters.